The van der Waals surface area contributed by atoms with Gasteiger partial charge >= 0.3 is 0 Å². The topological polar surface area (TPSA) is 54.7 Å². The highest BCUT2D eigenvalue weighted by atomic mass is 35.5. The molecule has 0 bridgehead atoms. The number of halogens is 2. The van der Waals surface area contributed by atoms with E-state index in [1.54, 1.807) is 12.3 Å². The molecule has 17 heavy (non-hydrogen) atoms. The van der Waals surface area contributed by atoms with Crippen LogP contribution in [-0.2, 0) is 6.42 Å². The molecule has 0 aliphatic rings. The van der Waals surface area contributed by atoms with Crippen LogP contribution in [0, 0.1) is 0 Å². The zero-order chi connectivity index (χ0) is 12.3. The van der Waals surface area contributed by atoms with Gasteiger partial charge in [-0.05, 0) is 31.2 Å². The molecule has 90 valence electrons. The van der Waals surface area contributed by atoms with Crippen molar-refractivity contribution in [1.82, 2.24) is 9.97 Å². The molecule has 2 rings (SSSR count). The van der Waals surface area contributed by atoms with Crippen LogP contribution in [0.25, 0.3) is 11.3 Å². The van der Waals surface area contributed by atoms with Gasteiger partial charge in [0, 0.05) is 17.0 Å². The first-order chi connectivity index (χ1) is 8.20. The highest BCUT2D eigenvalue weighted by Crippen LogP contribution is 2.29. The molecule has 1 aromatic heterocycles. The standard InChI is InChI=1S/C12H13Cl2N3/c13-8-3-4-9(10(14)6-8)11-7-16-12(17-11)2-1-5-15/h3-4,6-7H,1-2,5,15H2,(H,16,17). The predicted molar refractivity (Wildman–Crippen MR) is 71.4 cm³/mol. The highest BCUT2D eigenvalue weighted by molar-refractivity contribution is 6.36. The Kier molecular flexibility index (Phi) is 4.05. The summed E-state index contributed by atoms with van der Waals surface area (Å²) in [4.78, 5) is 7.52. The Balaban J connectivity index is 2.24. The van der Waals surface area contributed by atoms with Crippen LogP contribution in [0.15, 0.2) is 24.4 Å². The van der Waals surface area contributed by atoms with E-state index in [1.165, 1.54) is 0 Å². The van der Waals surface area contributed by atoms with Gasteiger partial charge in [0.25, 0.3) is 0 Å². The molecule has 0 amide bonds. The molecule has 0 aliphatic heterocycles. The number of hydrogen-bond donors (Lipinski definition) is 2. The predicted octanol–water partition coefficient (Wildman–Crippen LogP) is 3.27. The monoisotopic (exact) mass is 269 g/mol. The smallest absolute Gasteiger partial charge is 0.106 e. The van der Waals surface area contributed by atoms with E-state index in [0.29, 0.717) is 16.6 Å². The van der Waals surface area contributed by atoms with Crippen LogP contribution in [-0.4, -0.2) is 16.5 Å². The number of nitrogens with one attached hydrogen (secondary N) is 1. The number of H-pyrrole nitrogens is 1. The number of aryl methyl sites for hydroxylation is 1. The summed E-state index contributed by atoms with van der Waals surface area (Å²) in [5.41, 5.74) is 7.26. The summed E-state index contributed by atoms with van der Waals surface area (Å²) < 4.78 is 0. The van der Waals surface area contributed by atoms with E-state index in [0.717, 1.165) is 29.9 Å². The number of aromatic amines is 1. The SMILES string of the molecule is NCCCc1ncc(-c2ccc(Cl)cc2Cl)[nH]1. The lowest BCUT2D eigenvalue weighted by molar-refractivity contribution is 0.794. The molecule has 1 heterocycles. The average molecular weight is 270 g/mol. The number of nitrogens with two attached hydrogens (primary N) is 1. The summed E-state index contributed by atoms with van der Waals surface area (Å²) in [6, 6.07) is 5.41. The largest absolute Gasteiger partial charge is 0.342 e. The van der Waals surface area contributed by atoms with E-state index in [9.17, 15) is 0 Å². The molecule has 3 N–H and O–H groups in total. The first kappa shape index (κ1) is 12.4. The second kappa shape index (κ2) is 5.54. The summed E-state index contributed by atoms with van der Waals surface area (Å²) in [7, 11) is 0. The number of hydrogen-bond acceptors (Lipinski definition) is 2. The average Bonchev–Trinajstić information content (AvgIpc) is 2.75. The fraction of sp³-hybridized carbons (Fsp3) is 0.250. The molecule has 0 atom stereocenters. The van der Waals surface area contributed by atoms with Crippen molar-refractivity contribution in [3.05, 3.63) is 40.3 Å². The number of rotatable bonds is 4. The second-order valence-corrected chi connectivity index (χ2v) is 4.60. The molecule has 1 aromatic carbocycles. The normalized spacial score (nSPS) is 10.8. The summed E-state index contributed by atoms with van der Waals surface area (Å²) in [6.45, 7) is 0.664. The summed E-state index contributed by atoms with van der Waals surface area (Å²) in [5.74, 6) is 0.927. The van der Waals surface area contributed by atoms with Crippen LogP contribution >= 0.6 is 23.2 Å². The zero-order valence-corrected chi connectivity index (χ0v) is 10.7. The first-order valence-electron chi connectivity index (χ1n) is 5.40. The first-order valence-corrected chi connectivity index (χ1v) is 6.15. The fourth-order valence-corrected chi connectivity index (χ4v) is 2.11. The van der Waals surface area contributed by atoms with Gasteiger partial charge in [-0.15, -0.1) is 0 Å². The third-order valence-electron chi connectivity index (χ3n) is 2.47. The van der Waals surface area contributed by atoms with E-state index < -0.39 is 0 Å². The summed E-state index contributed by atoms with van der Waals surface area (Å²) in [5, 5.41) is 1.24. The van der Waals surface area contributed by atoms with E-state index in [1.807, 2.05) is 12.1 Å². The maximum atomic E-state index is 6.13. The molecule has 0 saturated carbocycles. The van der Waals surface area contributed by atoms with Gasteiger partial charge in [0.2, 0.25) is 0 Å². The summed E-state index contributed by atoms with van der Waals surface area (Å²) in [6.07, 6.45) is 3.55. The molecule has 2 aromatic rings. The van der Waals surface area contributed by atoms with Crippen molar-refractivity contribution in [1.29, 1.82) is 0 Å². The lowest BCUT2D eigenvalue weighted by atomic mass is 10.2. The van der Waals surface area contributed by atoms with Gasteiger partial charge in [-0.1, -0.05) is 23.2 Å². The Morgan fingerprint density at radius 1 is 1.29 bits per heavy atom. The van der Waals surface area contributed by atoms with Gasteiger partial charge in [-0.25, -0.2) is 4.98 Å². The van der Waals surface area contributed by atoms with Crippen LogP contribution in [0.3, 0.4) is 0 Å². The molecule has 0 spiro atoms. The molecule has 0 fully saturated rings. The quantitative estimate of drug-likeness (QED) is 0.895. The Hall–Kier alpha value is -1.03. The molecular formula is C12H13Cl2N3. The van der Waals surface area contributed by atoms with E-state index in [2.05, 4.69) is 9.97 Å². The minimum absolute atomic E-state index is 0.617. The van der Waals surface area contributed by atoms with Crippen LogP contribution in [0.4, 0.5) is 0 Å². The maximum Gasteiger partial charge on any atom is 0.106 e. The minimum Gasteiger partial charge on any atom is -0.342 e. The molecule has 0 aliphatic carbocycles. The van der Waals surface area contributed by atoms with E-state index >= 15 is 0 Å². The van der Waals surface area contributed by atoms with Crippen LogP contribution in [0.2, 0.25) is 10.0 Å². The Morgan fingerprint density at radius 2 is 2.12 bits per heavy atom. The summed E-state index contributed by atoms with van der Waals surface area (Å²) >= 11 is 12.0. The van der Waals surface area contributed by atoms with Crippen LogP contribution in [0.5, 0.6) is 0 Å². The van der Waals surface area contributed by atoms with Gasteiger partial charge < -0.3 is 10.7 Å². The van der Waals surface area contributed by atoms with Crippen LogP contribution < -0.4 is 5.73 Å². The van der Waals surface area contributed by atoms with Crippen molar-refractivity contribution >= 4 is 23.2 Å². The number of imidazole rings is 1. The van der Waals surface area contributed by atoms with E-state index in [-0.39, 0.29) is 0 Å². The fourth-order valence-electron chi connectivity index (χ4n) is 1.60. The molecule has 0 radical (unpaired) electrons. The van der Waals surface area contributed by atoms with Crippen molar-refractivity contribution in [3.8, 4) is 11.3 Å². The molecule has 3 nitrogen and oxygen atoms in total. The van der Waals surface area contributed by atoms with Gasteiger partial charge in [-0.3, -0.25) is 0 Å². The Labute approximate surface area is 110 Å². The van der Waals surface area contributed by atoms with Crippen LogP contribution in [0.1, 0.15) is 12.2 Å². The van der Waals surface area contributed by atoms with Crippen molar-refractivity contribution in [2.75, 3.05) is 6.54 Å². The Morgan fingerprint density at radius 3 is 2.82 bits per heavy atom. The molecule has 0 unspecified atom stereocenters. The third-order valence-corrected chi connectivity index (χ3v) is 3.02. The molecule has 0 saturated heterocycles. The van der Waals surface area contributed by atoms with Crippen molar-refractivity contribution in [2.24, 2.45) is 5.73 Å². The number of nitrogens with zero attached hydrogens (tertiary/aromatic N) is 1. The highest BCUT2D eigenvalue weighted by Gasteiger charge is 2.07. The lowest BCUT2D eigenvalue weighted by Crippen LogP contribution is -2.01. The third kappa shape index (κ3) is 3.00. The number of aromatic nitrogens is 2. The molecular weight excluding hydrogens is 257 g/mol. The maximum absolute atomic E-state index is 6.13. The van der Waals surface area contributed by atoms with Gasteiger partial charge in [-0.2, -0.15) is 0 Å². The van der Waals surface area contributed by atoms with Crippen molar-refractivity contribution < 1.29 is 0 Å². The van der Waals surface area contributed by atoms with Gasteiger partial charge in [0.05, 0.1) is 16.9 Å². The zero-order valence-electron chi connectivity index (χ0n) is 9.21. The molecule has 5 heteroatoms. The van der Waals surface area contributed by atoms with E-state index in [4.69, 9.17) is 28.9 Å². The van der Waals surface area contributed by atoms with Crippen molar-refractivity contribution in [2.45, 2.75) is 12.8 Å². The van der Waals surface area contributed by atoms with Crippen molar-refractivity contribution in [3.63, 3.8) is 0 Å². The Bertz CT molecular complexity index is 508. The number of benzene rings is 1. The lowest BCUT2D eigenvalue weighted by Gasteiger charge is -2.01. The minimum atomic E-state index is 0.617. The van der Waals surface area contributed by atoms with Gasteiger partial charge in [0.15, 0.2) is 0 Å². The van der Waals surface area contributed by atoms with Gasteiger partial charge in [0.1, 0.15) is 5.82 Å². The second-order valence-electron chi connectivity index (χ2n) is 3.76.